The van der Waals surface area contributed by atoms with Crippen LogP contribution in [-0.4, -0.2) is 37.7 Å². The van der Waals surface area contributed by atoms with Gasteiger partial charge in [0.25, 0.3) is 0 Å². The van der Waals surface area contributed by atoms with Gasteiger partial charge in [-0.2, -0.15) is 0 Å². The Kier molecular flexibility index (Phi) is 6.19. The van der Waals surface area contributed by atoms with Gasteiger partial charge in [-0.3, -0.25) is 0 Å². The third-order valence-corrected chi connectivity index (χ3v) is 4.09. The van der Waals surface area contributed by atoms with Gasteiger partial charge in [0.05, 0.1) is 6.04 Å². The van der Waals surface area contributed by atoms with Gasteiger partial charge in [-0.1, -0.05) is 25.1 Å². The zero-order chi connectivity index (χ0) is 15.9. The smallest absolute Gasteiger partial charge is 0.317 e. The lowest BCUT2D eigenvalue weighted by Crippen LogP contribution is -2.40. The van der Waals surface area contributed by atoms with Crippen molar-refractivity contribution in [1.29, 1.82) is 0 Å². The SMILES string of the molecule is COCCCCNC(=O)N1CC(C)CC1c1ccccc1F. The second-order valence-corrected chi connectivity index (χ2v) is 5.96. The van der Waals surface area contributed by atoms with E-state index in [4.69, 9.17) is 4.74 Å². The molecule has 2 rings (SSSR count). The van der Waals surface area contributed by atoms with Crippen molar-refractivity contribution in [2.45, 2.75) is 32.2 Å². The number of carbonyl (C=O) groups excluding carboxylic acids is 1. The molecule has 1 aliphatic rings. The number of likely N-dealkylation sites (tertiary alicyclic amines) is 1. The van der Waals surface area contributed by atoms with Crippen molar-refractivity contribution in [3.63, 3.8) is 0 Å². The lowest BCUT2D eigenvalue weighted by Gasteiger charge is -2.25. The predicted octanol–water partition coefficient (Wildman–Crippen LogP) is 3.34. The quantitative estimate of drug-likeness (QED) is 0.819. The van der Waals surface area contributed by atoms with Gasteiger partial charge in [-0.15, -0.1) is 0 Å². The predicted molar refractivity (Wildman–Crippen MR) is 84.1 cm³/mol. The number of urea groups is 1. The summed E-state index contributed by atoms with van der Waals surface area (Å²) in [7, 11) is 1.67. The lowest BCUT2D eigenvalue weighted by molar-refractivity contribution is 0.185. The second kappa shape index (κ2) is 8.13. The number of ether oxygens (including phenoxy) is 1. The molecule has 0 spiro atoms. The summed E-state index contributed by atoms with van der Waals surface area (Å²) in [6.45, 7) is 4.09. The molecule has 1 heterocycles. The molecule has 1 fully saturated rings. The van der Waals surface area contributed by atoms with Crippen LogP contribution in [0.1, 0.15) is 37.8 Å². The third kappa shape index (κ3) is 4.19. The normalized spacial score (nSPS) is 21.1. The molecule has 122 valence electrons. The van der Waals surface area contributed by atoms with Crippen LogP contribution in [0.2, 0.25) is 0 Å². The summed E-state index contributed by atoms with van der Waals surface area (Å²) in [4.78, 5) is 14.1. The van der Waals surface area contributed by atoms with Gasteiger partial charge in [-0.25, -0.2) is 9.18 Å². The first kappa shape index (κ1) is 16.7. The molecular formula is C17H25FN2O2. The summed E-state index contributed by atoms with van der Waals surface area (Å²) < 4.78 is 19.0. The molecule has 0 radical (unpaired) electrons. The second-order valence-electron chi connectivity index (χ2n) is 5.96. The van der Waals surface area contributed by atoms with Crippen LogP contribution in [-0.2, 0) is 4.74 Å². The highest BCUT2D eigenvalue weighted by atomic mass is 19.1. The Morgan fingerprint density at radius 2 is 2.18 bits per heavy atom. The van der Waals surface area contributed by atoms with E-state index in [9.17, 15) is 9.18 Å². The minimum absolute atomic E-state index is 0.102. The molecule has 2 unspecified atom stereocenters. The molecule has 1 saturated heterocycles. The summed E-state index contributed by atoms with van der Waals surface area (Å²) in [6, 6.07) is 6.46. The minimum atomic E-state index is -0.237. The number of benzene rings is 1. The summed E-state index contributed by atoms with van der Waals surface area (Å²) in [5, 5.41) is 2.93. The number of methoxy groups -OCH3 is 1. The van der Waals surface area contributed by atoms with Gasteiger partial charge in [0.15, 0.2) is 0 Å². The Morgan fingerprint density at radius 1 is 1.41 bits per heavy atom. The average molecular weight is 308 g/mol. The van der Waals surface area contributed by atoms with E-state index in [1.165, 1.54) is 6.07 Å². The highest BCUT2D eigenvalue weighted by molar-refractivity contribution is 5.75. The molecule has 0 bridgehead atoms. The molecule has 2 atom stereocenters. The summed E-state index contributed by atoms with van der Waals surface area (Å²) in [5.41, 5.74) is 0.612. The van der Waals surface area contributed by atoms with Gasteiger partial charge in [0.1, 0.15) is 5.82 Å². The van der Waals surface area contributed by atoms with Gasteiger partial charge < -0.3 is 15.0 Å². The summed E-state index contributed by atoms with van der Waals surface area (Å²) >= 11 is 0. The zero-order valence-corrected chi connectivity index (χ0v) is 13.3. The Morgan fingerprint density at radius 3 is 2.91 bits per heavy atom. The Labute approximate surface area is 131 Å². The number of rotatable bonds is 6. The van der Waals surface area contributed by atoms with E-state index in [2.05, 4.69) is 12.2 Å². The van der Waals surface area contributed by atoms with Crippen molar-refractivity contribution < 1.29 is 13.9 Å². The van der Waals surface area contributed by atoms with Crippen LogP contribution in [0.4, 0.5) is 9.18 Å². The maximum Gasteiger partial charge on any atom is 0.317 e. The van der Waals surface area contributed by atoms with Crippen molar-refractivity contribution in [2.75, 3.05) is 26.8 Å². The molecule has 1 aromatic carbocycles. The lowest BCUT2D eigenvalue weighted by atomic mass is 10.0. The minimum Gasteiger partial charge on any atom is -0.385 e. The molecule has 0 aromatic heterocycles. The highest BCUT2D eigenvalue weighted by Crippen LogP contribution is 2.36. The first-order valence-corrected chi connectivity index (χ1v) is 7.91. The first-order chi connectivity index (χ1) is 10.6. The molecular weight excluding hydrogens is 283 g/mol. The van der Waals surface area contributed by atoms with Crippen LogP contribution >= 0.6 is 0 Å². The number of halogens is 1. The fraction of sp³-hybridized carbons (Fsp3) is 0.588. The Bertz CT molecular complexity index is 495. The van der Waals surface area contributed by atoms with E-state index in [1.807, 2.05) is 6.07 Å². The number of unbranched alkanes of at least 4 members (excludes halogenated alkanes) is 1. The maximum atomic E-state index is 14.0. The molecule has 5 heteroatoms. The van der Waals surface area contributed by atoms with Crippen LogP contribution < -0.4 is 5.32 Å². The van der Waals surface area contributed by atoms with E-state index < -0.39 is 0 Å². The van der Waals surface area contributed by atoms with Crippen LogP contribution in [0.5, 0.6) is 0 Å². The number of hydrogen-bond acceptors (Lipinski definition) is 2. The fourth-order valence-electron chi connectivity index (χ4n) is 2.98. The molecule has 0 saturated carbocycles. The van der Waals surface area contributed by atoms with Crippen LogP contribution in [0, 0.1) is 11.7 Å². The van der Waals surface area contributed by atoms with Crippen molar-refractivity contribution >= 4 is 6.03 Å². The fourth-order valence-corrected chi connectivity index (χ4v) is 2.98. The van der Waals surface area contributed by atoms with Crippen LogP contribution in [0.25, 0.3) is 0 Å². The first-order valence-electron chi connectivity index (χ1n) is 7.91. The Hall–Kier alpha value is -1.62. The van der Waals surface area contributed by atoms with Gasteiger partial charge in [0, 0.05) is 32.4 Å². The molecule has 0 aliphatic carbocycles. The van der Waals surface area contributed by atoms with E-state index in [-0.39, 0.29) is 17.9 Å². The van der Waals surface area contributed by atoms with E-state index in [0.717, 1.165) is 19.3 Å². The monoisotopic (exact) mass is 308 g/mol. The largest absolute Gasteiger partial charge is 0.385 e. The Balaban J connectivity index is 1.96. The molecule has 1 aliphatic heterocycles. The molecule has 4 nitrogen and oxygen atoms in total. The number of hydrogen-bond donors (Lipinski definition) is 1. The van der Waals surface area contributed by atoms with E-state index >= 15 is 0 Å². The van der Waals surface area contributed by atoms with Gasteiger partial charge in [-0.05, 0) is 31.2 Å². The van der Waals surface area contributed by atoms with Crippen molar-refractivity contribution in [1.82, 2.24) is 10.2 Å². The van der Waals surface area contributed by atoms with Gasteiger partial charge >= 0.3 is 6.03 Å². The van der Waals surface area contributed by atoms with Crippen molar-refractivity contribution in [3.8, 4) is 0 Å². The molecule has 2 amide bonds. The maximum absolute atomic E-state index is 14.0. The number of amides is 2. The topological polar surface area (TPSA) is 41.6 Å². The molecule has 22 heavy (non-hydrogen) atoms. The van der Waals surface area contributed by atoms with Crippen molar-refractivity contribution in [3.05, 3.63) is 35.6 Å². The van der Waals surface area contributed by atoms with E-state index in [0.29, 0.717) is 31.2 Å². The third-order valence-electron chi connectivity index (χ3n) is 4.09. The summed E-state index contributed by atoms with van der Waals surface area (Å²) in [6.07, 6.45) is 2.61. The van der Waals surface area contributed by atoms with Crippen LogP contribution in [0.3, 0.4) is 0 Å². The zero-order valence-electron chi connectivity index (χ0n) is 13.3. The van der Waals surface area contributed by atoms with Crippen LogP contribution in [0.15, 0.2) is 24.3 Å². The van der Waals surface area contributed by atoms with Crippen molar-refractivity contribution in [2.24, 2.45) is 5.92 Å². The van der Waals surface area contributed by atoms with Gasteiger partial charge in [0.2, 0.25) is 0 Å². The molecule has 1 aromatic rings. The molecule has 1 N–H and O–H groups in total. The average Bonchev–Trinajstić information content (AvgIpc) is 2.89. The van der Waals surface area contributed by atoms with E-state index in [1.54, 1.807) is 24.1 Å². The number of nitrogens with one attached hydrogen (secondary N) is 1. The number of nitrogens with zero attached hydrogens (tertiary/aromatic N) is 1. The number of carbonyl (C=O) groups is 1. The summed E-state index contributed by atoms with van der Waals surface area (Å²) in [5.74, 6) is 0.142. The highest BCUT2D eigenvalue weighted by Gasteiger charge is 2.35. The standard InChI is InChI=1S/C17H25FN2O2/c1-13-11-16(14-7-3-4-8-15(14)18)20(12-13)17(21)19-9-5-6-10-22-2/h3-4,7-8,13,16H,5-6,9-12H2,1-2H3,(H,19,21).